The highest BCUT2D eigenvalue weighted by molar-refractivity contribution is 5.81. The molecule has 0 saturated heterocycles. The van der Waals surface area contributed by atoms with E-state index >= 15 is 0 Å². The Morgan fingerprint density at radius 1 is 1.55 bits per heavy atom. The van der Waals surface area contributed by atoms with Crippen LogP contribution in [-0.2, 0) is 0 Å². The van der Waals surface area contributed by atoms with Gasteiger partial charge in [-0.1, -0.05) is 0 Å². The average molecular weight is 275 g/mol. The third-order valence-corrected chi connectivity index (χ3v) is 2.25. The van der Waals surface area contributed by atoms with Gasteiger partial charge in [0.25, 0.3) is 0 Å². The van der Waals surface area contributed by atoms with E-state index in [-0.39, 0.29) is 11.6 Å². The van der Waals surface area contributed by atoms with Gasteiger partial charge >= 0.3 is 5.69 Å². The molecule has 8 nitrogen and oxygen atoms in total. The molecule has 0 aliphatic heterocycles. The number of nitrogens with one attached hydrogen (secondary N) is 2. The Morgan fingerprint density at radius 2 is 2.40 bits per heavy atom. The first-order valence-corrected chi connectivity index (χ1v) is 5.85. The Morgan fingerprint density at radius 3 is 3.15 bits per heavy atom. The molecule has 0 saturated carbocycles. The van der Waals surface area contributed by atoms with Crippen LogP contribution in [0.4, 0.5) is 5.82 Å². The summed E-state index contributed by atoms with van der Waals surface area (Å²) < 4.78 is 5.26. The molecular weight excluding hydrogens is 262 g/mol. The fraction of sp³-hybridized carbons (Fsp3) is 0.167. The monoisotopic (exact) mass is 275 g/mol. The third kappa shape index (κ3) is 3.55. The first-order valence-electron chi connectivity index (χ1n) is 5.85. The molecule has 0 unspecified atom stereocenters. The van der Waals surface area contributed by atoms with Crippen molar-refractivity contribution in [3.8, 4) is 11.5 Å². The van der Waals surface area contributed by atoms with Crippen LogP contribution in [0.2, 0.25) is 0 Å². The summed E-state index contributed by atoms with van der Waals surface area (Å²) in [5.41, 5.74) is 2.73. The molecule has 104 valence electrons. The number of hydrogen-bond acceptors (Lipinski definition) is 7. The molecule has 0 spiro atoms. The minimum Gasteiger partial charge on any atom is -0.504 e. The van der Waals surface area contributed by atoms with E-state index in [1.54, 1.807) is 12.1 Å². The number of hydrazone groups is 1. The molecule has 1 aromatic carbocycles. The lowest BCUT2D eigenvalue weighted by atomic mass is 10.2. The first-order chi connectivity index (χ1) is 9.69. The topological polar surface area (TPSA) is 112 Å². The van der Waals surface area contributed by atoms with Gasteiger partial charge in [0.1, 0.15) is 0 Å². The summed E-state index contributed by atoms with van der Waals surface area (Å²) >= 11 is 0. The maximum atomic E-state index is 10.9. The van der Waals surface area contributed by atoms with E-state index in [9.17, 15) is 9.90 Å². The normalized spacial score (nSPS) is 10.7. The van der Waals surface area contributed by atoms with Crippen molar-refractivity contribution in [2.24, 2.45) is 5.10 Å². The van der Waals surface area contributed by atoms with Crippen molar-refractivity contribution < 1.29 is 9.84 Å². The first kappa shape index (κ1) is 13.5. The van der Waals surface area contributed by atoms with Gasteiger partial charge in [0.15, 0.2) is 17.3 Å². The summed E-state index contributed by atoms with van der Waals surface area (Å²) in [5, 5.41) is 19.2. The Balaban J connectivity index is 2.07. The Kier molecular flexibility index (Phi) is 4.28. The summed E-state index contributed by atoms with van der Waals surface area (Å²) in [6.07, 6.45) is 2.84. The molecule has 20 heavy (non-hydrogen) atoms. The number of aromatic amines is 1. The molecule has 8 heteroatoms. The van der Waals surface area contributed by atoms with Crippen molar-refractivity contribution in [1.82, 2.24) is 15.2 Å². The quantitative estimate of drug-likeness (QED) is 0.547. The van der Waals surface area contributed by atoms with Crippen LogP contribution in [0, 0.1) is 0 Å². The van der Waals surface area contributed by atoms with Gasteiger partial charge in [0, 0.05) is 0 Å². The minimum absolute atomic E-state index is 0.0671. The molecule has 0 aliphatic rings. The third-order valence-electron chi connectivity index (χ3n) is 2.25. The van der Waals surface area contributed by atoms with Crippen LogP contribution in [0.3, 0.4) is 0 Å². The molecule has 0 aliphatic carbocycles. The maximum absolute atomic E-state index is 10.9. The smallest absolute Gasteiger partial charge is 0.363 e. The van der Waals surface area contributed by atoms with E-state index in [1.165, 1.54) is 18.5 Å². The maximum Gasteiger partial charge on any atom is 0.363 e. The van der Waals surface area contributed by atoms with E-state index < -0.39 is 5.69 Å². The highest BCUT2D eigenvalue weighted by Gasteiger charge is 2.02. The van der Waals surface area contributed by atoms with Crippen molar-refractivity contribution in [2.75, 3.05) is 12.0 Å². The van der Waals surface area contributed by atoms with Crippen LogP contribution < -0.4 is 15.9 Å². The van der Waals surface area contributed by atoms with E-state index in [2.05, 4.69) is 25.7 Å². The summed E-state index contributed by atoms with van der Waals surface area (Å²) in [6.45, 7) is 2.28. The molecule has 3 N–H and O–H groups in total. The second-order valence-electron chi connectivity index (χ2n) is 3.70. The molecule has 1 heterocycles. The van der Waals surface area contributed by atoms with Crippen LogP contribution in [0.1, 0.15) is 12.5 Å². The van der Waals surface area contributed by atoms with Gasteiger partial charge in [0.2, 0.25) is 0 Å². The summed E-state index contributed by atoms with van der Waals surface area (Å²) in [4.78, 5) is 14.5. The number of rotatable bonds is 5. The summed E-state index contributed by atoms with van der Waals surface area (Å²) in [6, 6.07) is 4.83. The molecule has 0 amide bonds. The predicted molar refractivity (Wildman–Crippen MR) is 73.1 cm³/mol. The number of benzene rings is 1. The number of H-pyrrole nitrogens is 1. The Bertz CT molecular complexity index is 668. The van der Waals surface area contributed by atoms with E-state index in [1.807, 2.05) is 6.92 Å². The zero-order valence-electron chi connectivity index (χ0n) is 10.7. The van der Waals surface area contributed by atoms with Gasteiger partial charge in [-0.05, 0) is 30.7 Å². The molecule has 0 atom stereocenters. The van der Waals surface area contributed by atoms with Crippen LogP contribution in [0.15, 0.2) is 34.3 Å². The number of hydrogen-bond donors (Lipinski definition) is 3. The van der Waals surface area contributed by atoms with Crippen molar-refractivity contribution in [1.29, 1.82) is 0 Å². The number of phenols is 1. The summed E-state index contributed by atoms with van der Waals surface area (Å²) in [5.74, 6) is 0.679. The number of nitrogens with zero attached hydrogens (tertiary/aromatic N) is 3. The van der Waals surface area contributed by atoms with Crippen LogP contribution >= 0.6 is 0 Å². The van der Waals surface area contributed by atoms with Crippen molar-refractivity contribution in [3.05, 3.63) is 40.4 Å². The molecule has 2 aromatic rings. The van der Waals surface area contributed by atoms with Gasteiger partial charge in [0.05, 0.1) is 19.0 Å². The standard InChI is InChI=1S/C12H13N5O3/c1-2-20-10-5-8(3-4-9(10)18)6-13-16-11-7-14-17-12(19)15-11/h3-7,18H,2H2,1H3,(H2,15,16,17,19)/b13-6+. The van der Waals surface area contributed by atoms with E-state index in [4.69, 9.17) is 4.74 Å². The van der Waals surface area contributed by atoms with Crippen LogP contribution in [0.25, 0.3) is 0 Å². The predicted octanol–water partition coefficient (Wildman–Crippen LogP) is 0.715. The minimum atomic E-state index is -0.562. The lowest BCUT2D eigenvalue weighted by Gasteiger charge is -2.05. The van der Waals surface area contributed by atoms with Gasteiger partial charge < -0.3 is 9.84 Å². The van der Waals surface area contributed by atoms with Gasteiger partial charge in [-0.25, -0.2) is 9.89 Å². The zero-order valence-corrected chi connectivity index (χ0v) is 10.7. The highest BCUT2D eigenvalue weighted by atomic mass is 16.5. The van der Waals surface area contributed by atoms with Crippen LogP contribution in [-0.4, -0.2) is 33.1 Å². The fourth-order valence-electron chi connectivity index (χ4n) is 1.42. The molecule has 0 radical (unpaired) electrons. The lowest BCUT2D eigenvalue weighted by Crippen LogP contribution is -2.13. The van der Waals surface area contributed by atoms with E-state index in [0.29, 0.717) is 12.4 Å². The number of aromatic hydroxyl groups is 1. The van der Waals surface area contributed by atoms with Crippen molar-refractivity contribution in [3.63, 3.8) is 0 Å². The summed E-state index contributed by atoms with van der Waals surface area (Å²) in [7, 11) is 0. The fourth-order valence-corrected chi connectivity index (χ4v) is 1.42. The Labute approximate surface area is 114 Å². The van der Waals surface area contributed by atoms with Crippen molar-refractivity contribution in [2.45, 2.75) is 6.92 Å². The molecule has 1 aromatic heterocycles. The van der Waals surface area contributed by atoms with Gasteiger partial charge in [-0.15, -0.1) is 0 Å². The second-order valence-corrected chi connectivity index (χ2v) is 3.70. The molecule has 0 fully saturated rings. The average Bonchev–Trinajstić information content (AvgIpc) is 2.43. The largest absolute Gasteiger partial charge is 0.504 e. The van der Waals surface area contributed by atoms with Gasteiger partial charge in [-0.3, -0.25) is 5.43 Å². The molecular formula is C12H13N5O3. The number of anilines is 1. The lowest BCUT2D eigenvalue weighted by molar-refractivity contribution is 0.318. The number of ether oxygens (including phenoxy) is 1. The van der Waals surface area contributed by atoms with Crippen molar-refractivity contribution >= 4 is 12.0 Å². The second kappa shape index (κ2) is 6.32. The van der Waals surface area contributed by atoms with E-state index in [0.717, 1.165) is 5.56 Å². The Hall–Kier alpha value is -2.90. The highest BCUT2D eigenvalue weighted by Crippen LogP contribution is 2.26. The number of aromatic nitrogens is 3. The van der Waals surface area contributed by atoms with Gasteiger partial charge in [-0.2, -0.15) is 15.2 Å². The molecule has 0 bridgehead atoms. The number of phenolic OH excluding ortho intramolecular Hbond substituents is 1. The van der Waals surface area contributed by atoms with Crippen LogP contribution in [0.5, 0.6) is 11.5 Å². The zero-order chi connectivity index (χ0) is 14.4. The SMILES string of the molecule is CCOc1cc(/C=N/Nc2cn[nH]c(=O)n2)ccc1O. The molecule has 2 rings (SSSR count).